The molecule has 1 aromatic heterocycles. The summed E-state index contributed by atoms with van der Waals surface area (Å²) in [5.41, 5.74) is 1.51. The number of benzene rings is 3. The summed E-state index contributed by atoms with van der Waals surface area (Å²) in [4.78, 5) is 29.5. The fourth-order valence-corrected chi connectivity index (χ4v) is 3.21. The maximum atomic E-state index is 12.6. The molecule has 0 spiro atoms. The number of rotatable bonds is 8. The molecule has 0 saturated heterocycles. The molecule has 33 heavy (non-hydrogen) atoms. The third-order valence-corrected chi connectivity index (χ3v) is 4.79. The highest BCUT2D eigenvalue weighted by Crippen LogP contribution is 2.29. The van der Waals surface area contributed by atoms with Crippen molar-refractivity contribution in [1.82, 2.24) is 9.55 Å². The fourth-order valence-electron chi connectivity index (χ4n) is 3.21. The van der Waals surface area contributed by atoms with E-state index in [0.717, 1.165) is 11.3 Å². The fraction of sp³-hybridized carbons (Fsp3) is 0.115. The van der Waals surface area contributed by atoms with Crippen molar-refractivity contribution in [2.75, 3.05) is 11.9 Å². The lowest BCUT2D eigenvalue weighted by molar-refractivity contribution is -0.116. The van der Waals surface area contributed by atoms with Crippen molar-refractivity contribution < 1.29 is 14.3 Å². The number of hydrogen-bond donors (Lipinski definition) is 1. The van der Waals surface area contributed by atoms with E-state index >= 15 is 0 Å². The molecule has 0 saturated carbocycles. The van der Waals surface area contributed by atoms with Crippen LogP contribution in [0.4, 0.5) is 5.69 Å². The second-order valence-electron chi connectivity index (χ2n) is 7.16. The number of ether oxygens (including phenoxy) is 2. The molecule has 4 aromatic rings. The number of hydrogen-bond acceptors (Lipinski definition) is 5. The van der Waals surface area contributed by atoms with Gasteiger partial charge in [-0.3, -0.25) is 14.2 Å². The molecular weight excluding hydrogens is 418 g/mol. The molecule has 0 atom stereocenters. The summed E-state index contributed by atoms with van der Waals surface area (Å²) in [6.07, 6.45) is 1.38. The van der Waals surface area contributed by atoms with Crippen molar-refractivity contribution in [1.29, 1.82) is 0 Å². The van der Waals surface area contributed by atoms with Crippen LogP contribution in [0.5, 0.6) is 17.2 Å². The summed E-state index contributed by atoms with van der Waals surface area (Å²) in [5, 5.41) is 2.81. The van der Waals surface area contributed by atoms with E-state index < -0.39 is 0 Å². The number of aromatic nitrogens is 2. The Morgan fingerprint density at radius 2 is 1.67 bits per heavy atom. The van der Waals surface area contributed by atoms with Crippen LogP contribution < -0.4 is 20.3 Å². The second-order valence-corrected chi connectivity index (χ2v) is 7.16. The van der Waals surface area contributed by atoms with E-state index in [0.29, 0.717) is 29.5 Å². The molecule has 7 nitrogen and oxygen atoms in total. The zero-order valence-corrected chi connectivity index (χ0v) is 18.1. The molecule has 1 amide bonds. The highest BCUT2D eigenvalue weighted by Gasteiger charge is 2.11. The Balaban J connectivity index is 1.45. The second kappa shape index (κ2) is 10.3. The van der Waals surface area contributed by atoms with Crippen LogP contribution in [0, 0.1) is 0 Å². The molecule has 0 aliphatic carbocycles. The Hall–Kier alpha value is -4.39. The molecule has 7 heteroatoms. The van der Waals surface area contributed by atoms with Gasteiger partial charge in [0, 0.05) is 11.6 Å². The Kier molecular flexibility index (Phi) is 6.80. The van der Waals surface area contributed by atoms with Gasteiger partial charge >= 0.3 is 0 Å². The molecule has 166 valence electrons. The smallest absolute Gasteiger partial charge is 0.254 e. The minimum absolute atomic E-state index is 0.172. The average molecular weight is 441 g/mol. The number of carbonyl (C=O) groups excluding carboxylic acids is 1. The largest absolute Gasteiger partial charge is 0.494 e. The van der Waals surface area contributed by atoms with Gasteiger partial charge < -0.3 is 14.8 Å². The number of para-hydroxylation sites is 3. The van der Waals surface area contributed by atoms with E-state index in [9.17, 15) is 9.59 Å². The predicted octanol–water partition coefficient (Wildman–Crippen LogP) is 4.74. The Bertz CT molecular complexity index is 1280. The first-order chi connectivity index (χ1) is 16.1. The average Bonchev–Trinajstić information content (AvgIpc) is 2.83. The maximum absolute atomic E-state index is 12.6. The number of nitrogens with one attached hydrogen (secondary N) is 1. The molecule has 3 aromatic carbocycles. The molecule has 4 rings (SSSR count). The molecule has 0 fully saturated rings. The molecule has 1 heterocycles. The summed E-state index contributed by atoms with van der Waals surface area (Å²) in [6.45, 7) is 2.33. The van der Waals surface area contributed by atoms with Gasteiger partial charge in [0.25, 0.3) is 5.56 Å². The molecule has 0 unspecified atom stereocenters. The van der Waals surface area contributed by atoms with Crippen molar-refractivity contribution in [3.63, 3.8) is 0 Å². The van der Waals surface area contributed by atoms with Gasteiger partial charge in [0.2, 0.25) is 5.91 Å². The highest BCUT2D eigenvalue weighted by molar-refractivity contribution is 5.92. The van der Waals surface area contributed by atoms with E-state index in [1.165, 1.54) is 17.0 Å². The molecular formula is C26H23N3O4. The van der Waals surface area contributed by atoms with Crippen LogP contribution in [0.15, 0.2) is 96.1 Å². The molecule has 1 N–H and O–H groups in total. The monoisotopic (exact) mass is 441 g/mol. The summed E-state index contributed by atoms with van der Waals surface area (Å²) in [7, 11) is 0. The quantitative estimate of drug-likeness (QED) is 0.427. The lowest BCUT2D eigenvalue weighted by atomic mass is 10.1. The van der Waals surface area contributed by atoms with Crippen LogP contribution in [-0.2, 0) is 11.3 Å². The van der Waals surface area contributed by atoms with E-state index in [2.05, 4.69) is 10.3 Å². The van der Waals surface area contributed by atoms with Crippen molar-refractivity contribution in [3.05, 3.63) is 102 Å². The van der Waals surface area contributed by atoms with E-state index in [4.69, 9.17) is 9.47 Å². The van der Waals surface area contributed by atoms with Crippen LogP contribution in [-0.4, -0.2) is 22.1 Å². The summed E-state index contributed by atoms with van der Waals surface area (Å²) in [6, 6.07) is 25.2. The normalized spacial score (nSPS) is 10.5. The summed E-state index contributed by atoms with van der Waals surface area (Å²) >= 11 is 0. The van der Waals surface area contributed by atoms with Crippen LogP contribution in [0.1, 0.15) is 6.92 Å². The van der Waals surface area contributed by atoms with Crippen LogP contribution in [0.2, 0.25) is 0 Å². The molecule has 0 aliphatic rings. The highest BCUT2D eigenvalue weighted by atomic mass is 16.5. The van der Waals surface area contributed by atoms with Gasteiger partial charge in [-0.1, -0.05) is 30.3 Å². The van der Waals surface area contributed by atoms with Crippen molar-refractivity contribution in [2.24, 2.45) is 0 Å². The number of carbonyl (C=O) groups is 1. The van der Waals surface area contributed by atoms with E-state index in [1.54, 1.807) is 18.2 Å². The van der Waals surface area contributed by atoms with Gasteiger partial charge in [0.15, 0.2) is 5.75 Å². The Morgan fingerprint density at radius 3 is 2.39 bits per heavy atom. The van der Waals surface area contributed by atoms with E-state index in [-0.39, 0.29) is 18.0 Å². The zero-order valence-electron chi connectivity index (χ0n) is 18.1. The van der Waals surface area contributed by atoms with Crippen molar-refractivity contribution >= 4 is 11.6 Å². The summed E-state index contributed by atoms with van der Waals surface area (Å²) < 4.78 is 12.6. The van der Waals surface area contributed by atoms with Crippen LogP contribution >= 0.6 is 0 Å². The molecule has 0 radical (unpaired) electrons. The SMILES string of the molecule is CCOc1ccc(-c2cc(=O)n(CC(=O)Nc3ccccc3Oc3ccccc3)cn2)cc1. The van der Waals surface area contributed by atoms with Gasteiger partial charge in [-0.15, -0.1) is 0 Å². The third kappa shape index (κ3) is 5.65. The maximum Gasteiger partial charge on any atom is 0.254 e. The first-order valence-electron chi connectivity index (χ1n) is 10.5. The third-order valence-electron chi connectivity index (χ3n) is 4.79. The van der Waals surface area contributed by atoms with Crippen molar-refractivity contribution in [3.8, 4) is 28.5 Å². The summed E-state index contributed by atoms with van der Waals surface area (Å²) in [5.74, 6) is 1.55. The lowest BCUT2D eigenvalue weighted by Gasteiger charge is -2.13. The Morgan fingerprint density at radius 1 is 0.939 bits per heavy atom. The van der Waals surface area contributed by atoms with Crippen LogP contribution in [0.25, 0.3) is 11.3 Å². The number of nitrogens with zero attached hydrogens (tertiary/aromatic N) is 2. The molecule has 0 bridgehead atoms. The zero-order chi connectivity index (χ0) is 23.0. The molecule has 0 aliphatic heterocycles. The van der Waals surface area contributed by atoms with Gasteiger partial charge in [0.1, 0.15) is 18.0 Å². The van der Waals surface area contributed by atoms with E-state index in [1.807, 2.05) is 67.6 Å². The number of amides is 1. The van der Waals surface area contributed by atoms with Gasteiger partial charge in [-0.05, 0) is 55.5 Å². The van der Waals surface area contributed by atoms with Gasteiger partial charge in [0.05, 0.1) is 24.3 Å². The Labute approximate surface area is 191 Å². The minimum Gasteiger partial charge on any atom is -0.494 e. The van der Waals surface area contributed by atoms with Gasteiger partial charge in [-0.25, -0.2) is 4.98 Å². The van der Waals surface area contributed by atoms with Crippen LogP contribution in [0.3, 0.4) is 0 Å². The standard InChI is InChI=1S/C26H23N3O4/c1-2-32-20-14-12-19(13-15-20)23-16-26(31)29(18-27-23)17-25(30)28-22-10-6-7-11-24(22)33-21-8-4-3-5-9-21/h3-16,18H,2,17H2,1H3,(H,28,30). The topological polar surface area (TPSA) is 82.5 Å². The van der Waals surface area contributed by atoms with Gasteiger partial charge in [-0.2, -0.15) is 0 Å². The first-order valence-corrected chi connectivity index (χ1v) is 10.5. The lowest BCUT2D eigenvalue weighted by Crippen LogP contribution is -2.27. The minimum atomic E-state index is -0.364. The number of anilines is 1. The van der Waals surface area contributed by atoms with Crippen molar-refractivity contribution in [2.45, 2.75) is 13.5 Å². The first kappa shape index (κ1) is 21.8. The predicted molar refractivity (Wildman–Crippen MR) is 127 cm³/mol.